The largest absolute Gasteiger partial charge is 0.466 e. The second-order valence-corrected chi connectivity index (χ2v) is 4.51. The zero-order chi connectivity index (χ0) is 15.7. The van der Waals surface area contributed by atoms with Crippen LogP contribution in [0.1, 0.15) is 19.8 Å². The van der Waals surface area contributed by atoms with E-state index in [4.69, 9.17) is 5.26 Å². The molecule has 0 unspecified atom stereocenters. The Morgan fingerprint density at radius 1 is 1.33 bits per heavy atom. The molecule has 0 fully saturated rings. The first kappa shape index (κ1) is 16.5. The van der Waals surface area contributed by atoms with Gasteiger partial charge in [-0.1, -0.05) is 43.0 Å². The normalized spacial score (nSPS) is 22.5. The first-order chi connectivity index (χ1) is 10.1. The van der Waals surface area contributed by atoms with E-state index in [2.05, 4.69) is 23.5 Å². The minimum Gasteiger partial charge on any atom is -0.466 e. The minimum absolute atomic E-state index is 0.355. The van der Waals surface area contributed by atoms with Crippen molar-refractivity contribution in [3.8, 4) is 6.07 Å². The summed E-state index contributed by atoms with van der Waals surface area (Å²) in [6.45, 7) is 5.50. The molecule has 0 atom stereocenters. The summed E-state index contributed by atoms with van der Waals surface area (Å²) in [5.74, 6) is -0.355. The third-order valence-electron chi connectivity index (χ3n) is 3.04. The van der Waals surface area contributed by atoms with Gasteiger partial charge in [-0.25, -0.2) is 4.79 Å². The maximum atomic E-state index is 11.4. The molecular formula is C18H19NO2. The van der Waals surface area contributed by atoms with E-state index in [-0.39, 0.29) is 5.97 Å². The molecule has 0 saturated carbocycles. The lowest BCUT2D eigenvalue weighted by Gasteiger charge is -2.06. The zero-order valence-electron chi connectivity index (χ0n) is 12.4. The summed E-state index contributed by atoms with van der Waals surface area (Å²) in [4.78, 5) is 11.4. The molecule has 1 rings (SSSR count). The van der Waals surface area contributed by atoms with Gasteiger partial charge in [0.1, 0.15) is 0 Å². The maximum absolute atomic E-state index is 11.4. The number of nitriles is 1. The van der Waals surface area contributed by atoms with Gasteiger partial charge in [0.2, 0.25) is 0 Å². The van der Waals surface area contributed by atoms with Crippen molar-refractivity contribution in [2.45, 2.75) is 19.8 Å². The molecule has 0 aromatic rings. The number of ether oxygens (including phenoxy) is 1. The number of hydrogen-bond acceptors (Lipinski definition) is 3. The van der Waals surface area contributed by atoms with Crippen LogP contribution < -0.4 is 0 Å². The molecule has 0 aromatic carbocycles. The van der Waals surface area contributed by atoms with E-state index in [0.29, 0.717) is 11.1 Å². The van der Waals surface area contributed by atoms with E-state index in [0.717, 1.165) is 24.0 Å². The van der Waals surface area contributed by atoms with Crippen molar-refractivity contribution in [1.29, 1.82) is 5.26 Å². The number of nitrogens with zero attached hydrogens (tertiary/aromatic N) is 1. The zero-order valence-corrected chi connectivity index (χ0v) is 12.4. The van der Waals surface area contributed by atoms with Gasteiger partial charge in [0.15, 0.2) is 0 Å². The molecule has 0 radical (unpaired) electrons. The Kier molecular flexibility index (Phi) is 6.70. The van der Waals surface area contributed by atoms with Crippen molar-refractivity contribution in [2.24, 2.45) is 0 Å². The van der Waals surface area contributed by atoms with Crippen molar-refractivity contribution in [3.05, 3.63) is 71.4 Å². The number of carbonyl (C=O) groups excluding carboxylic acids is 1. The van der Waals surface area contributed by atoms with E-state index < -0.39 is 0 Å². The third-order valence-corrected chi connectivity index (χ3v) is 3.04. The van der Waals surface area contributed by atoms with Crippen LogP contribution in [0.4, 0.5) is 0 Å². The summed E-state index contributed by atoms with van der Waals surface area (Å²) in [6, 6.07) is 2.15. The molecule has 108 valence electrons. The van der Waals surface area contributed by atoms with Gasteiger partial charge in [0.25, 0.3) is 0 Å². The Bertz CT molecular complexity index is 608. The second kappa shape index (κ2) is 8.55. The van der Waals surface area contributed by atoms with Gasteiger partial charge in [-0.05, 0) is 37.0 Å². The molecule has 3 heteroatoms. The Balaban J connectivity index is 3.05. The summed E-state index contributed by atoms with van der Waals surface area (Å²) in [5, 5.41) is 8.97. The molecule has 0 aliphatic heterocycles. The highest BCUT2D eigenvalue weighted by molar-refractivity contribution is 5.88. The number of methoxy groups -OCH3 is 1. The fourth-order valence-electron chi connectivity index (χ4n) is 1.82. The van der Waals surface area contributed by atoms with Crippen molar-refractivity contribution >= 4 is 5.97 Å². The van der Waals surface area contributed by atoms with E-state index in [1.807, 2.05) is 18.2 Å². The molecule has 21 heavy (non-hydrogen) atoms. The number of rotatable bonds is 4. The average molecular weight is 281 g/mol. The van der Waals surface area contributed by atoms with Crippen molar-refractivity contribution in [1.82, 2.24) is 0 Å². The van der Waals surface area contributed by atoms with Crippen molar-refractivity contribution in [2.75, 3.05) is 7.11 Å². The van der Waals surface area contributed by atoms with Crippen LogP contribution in [0, 0.1) is 11.3 Å². The van der Waals surface area contributed by atoms with Gasteiger partial charge in [0.05, 0.1) is 13.2 Å². The third kappa shape index (κ3) is 5.12. The van der Waals surface area contributed by atoms with Crippen LogP contribution in [-0.4, -0.2) is 13.1 Å². The molecule has 0 amide bonds. The van der Waals surface area contributed by atoms with E-state index in [9.17, 15) is 4.79 Å². The highest BCUT2D eigenvalue weighted by Crippen LogP contribution is 2.19. The quantitative estimate of drug-likeness (QED) is 0.445. The fraction of sp³-hybridized carbons (Fsp3) is 0.222. The Morgan fingerprint density at radius 2 is 2.05 bits per heavy atom. The highest BCUT2D eigenvalue weighted by atomic mass is 16.5. The summed E-state index contributed by atoms with van der Waals surface area (Å²) in [7, 11) is 1.35. The number of carbonyl (C=O) groups is 1. The molecular weight excluding hydrogens is 262 g/mol. The van der Waals surface area contributed by atoms with Crippen molar-refractivity contribution in [3.63, 3.8) is 0 Å². The molecule has 1 aliphatic carbocycles. The van der Waals surface area contributed by atoms with Crippen LogP contribution in [0.5, 0.6) is 0 Å². The van der Waals surface area contributed by atoms with Crippen molar-refractivity contribution < 1.29 is 9.53 Å². The SMILES string of the molecule is C=CC(=C\C=C(/C)C(=O)OC)/C1=C/CC/C=C(C#N)/C=C\1. The number of allylic oxidation sites excluding steroid dienone is 10. The molecule has 0 N–H and O–H groups in total. The van der Waals surface area contributed by atoms with Crippen LogP contribution in [0.2, 0.25) is 0 Å². The first-order valence-electron chi connectivity index (χ1n) is 6.70. The van der Waals surface area contributed by atoms with Gasteiger partial charge in [-0.2, -0.15) is 5.26 Å². The molecule has 1 aliphatic rings. The standard InChI is InChI=1S/C18H19NO2/c1-4-16(11-9-14(2)18(20)21-3)17-8-6-5-7-15(13-19)10-12-17/h4,7-12H,1,5-6H2,2-3H3/b12-10-,14-9+,15-7-,16-11+,17-8+. The molecule has 0 heterocycles. The topological polar surface area (TPSA) is 50.1 Å². The maximum Gasteiger partial charge on any atom is 0.333 e. The number of hydrogen-bond donors (Lipinski definition) is 0. The summed E-state index contributed by atoms with van der Waals surface area (Å²) in [6.07, 6.45) is 14.6. The Morgan fingerprint density at radius 3 is 2.67 bits per heavy atom. The average Bonchev–Trinajstić information content (AvgIpc) is 2.48. The lowest BCUT2D eigenvalue weighted by molar-refractivity contribution is -0.136. The van der Waals surface area contributed by atoms with E-state index >= 15 is 0 Å². The lowest BCUT2D eigenvalue weighted by atomic mass is 9.99. The molecule has 0 bridgehead atoms. The van der Waals surface area contributed by atoms with Crippen LogP contribution in [0.25, 0.3) is 0 Å². The van der Waals surface area contributed by atoms with E-state index in [1.165, 1.54) is 7.11 Å². The van der Waals surface area contributed by atoms with Gasteiger partial charge >= 0.3 is 5.97 Å². The fourth-order valence-corrected chi connectivity index (χ4v) is 1.82. The molecule has 3 nitrogen and oxygen atoms in total. The van der Waals surface area contributed by atoms with Gasteiger partial charge in [-0.3, -0.25) is 0 Å². The molecule has 0 aromatic heterocycles. The molecule has 0 spiro atoms. The predicted molar refractivity (Wildman–Crippen MR) is 84.2 cm³/mol. The highest BCUT2D eigenvalue weighted by Gasteiger charge is 2.03. The lowest BCUT2D eigenvalue weighted by Crippen LogP contribution is -2.00. The summed E-state index contributed by atoms with van der Waals surface area (Å²) in [5.41, 5.74) is 3.06. The monoisotopic (exact) mass is 281 g/mol. The summed E-state index contributed by atoms with van der Waals surface area (Å²) >= 11 is 0. The van der Waals surface area contributed by atoms with Crippen LogP contribution in [-0.2, 0) is 9.53 Å². The van der Waals surface area contributed by atoms with Crippen LogP contribution >= 0.6 is 0 Å². The smallest absolute Gasteiger partial charge is 0.333 e. The van der Waals surface area contributed by atoms with Gasteiger partial charge < -0.3 is 4.74 Å². The number of esters is 1. The second-order valence-electron chi connectivity index (χ2n) is 4.51. The Hall–Kier alpha value is -2.60. The minimum atomic E-state index is -0.355. The predicted octanol–water partition coefficient (Wildman–Crippen LogP) is 3.94. The van der Waals surface area contributed by atoms with Crippen LogP contribution in [0.15, 0.2) is 71.4 Å². The Labute approximate surface area is 125 Å². The van der Waals surface area contributed by atoms with E-state index in [1.54, 1.807) is 25.2 Å². The van der Waals surface area contributed by atoms with Crippen LogP contribution in [0.3, 0.4) is 0 Å². The van der Waals surface area contributed by atoms with Gasteiger partial charge in [-0.15, -0.1) is 0 Å². The first-order valence-corrected chi connectivity index (χ1v) is 6.70. The molecule has 0 saturated heterocycles. The van der Waals surface area contributed by atoms with Gasteiger partial charge in [0, 0.05) is 11.1 Å². The summed E-state index contributed by atoms with van der Waals surface area (Å²) < 4.78 is 4.65.